The van der Waals surface area contributed by atoms with Gasteiger partial charge in [0.05, 0.1) is 11.4 Å². The molecule has 1 aliphatic rings. The van der Waals surface area contributed by atoms with Crippen LogP contribution in [0.3, 0.4) is 0 Å². The quantitative estimate of drug-likeness (QED) is 0.715. The Morgan fingerprint density at radius 3 is 2.54 bits per heavy atom. The number of aryl methyl sites for hydroxylation is 1. The van der Waals surface area contributed by atoms with E-state index in [1.807, 2.05) is 12.3 Å². The topological polar surface area (TPSA) is 52.5 Å². The van der Waals surface area contributed by atoms with Gasteiger partial charge in [0.25, 0.3) is 0 Å². The fourth-order valence-corrected chi connectivity index (χ4v) is 3.84. The molecule has 0 atom stereocenters. The fourth-order valence-electron chi connectivity index (χ4n) is 3.84. The van der Waals surface area contributed by atoms with E-state index >= 15 is 0 Å². The number of aliphatic hydroxyl groups is 1. The SMILES string of the molecule is CCN1CCN(c2nc(-c3ccc(CCCO)cn3)cc3ccccc23)CC1. The van der Waals surface area contributed by atoms with Crippen molar-refractivity contribution in [1.82, 2.24) is 14.9 Å². The number of hydrogen-bond donors (Lipinski definition) is 1. The van der Waals surface area contributed by atoms with Crippen molar-refractivity contribution >= 4 is 16.6 Å². The number of fused-ring (bicyclic) bond motifs is 1. The zero-order valence-corrected chi connectivity index (χ0v) is 16.5. The molecule has 1 N–H and O–H groups in total. The van der Waals surface area contributed by atoms with Crippen LogP contribution >= 0.6 is 0 Å². The number of rotatable bonds is 6. The van der Waals surface area contributed by atoms with Crippen molar-refractivity contribution in [1.29, 1.82) is 0 Å². The summed E-state index contributed by atoms with van der Waals surface area (Å²) in [6.45, 7) is 7.70. The lowest BCUT2D eigenvalue weighted by Crippen LogP contribution is -2.46. The van der Waals surface area contributed by atoms with E-state index in [1.54, 1.807) is 0 Å². The molecular formula is C23H28N4O. The molecule has 3 aromatic rings. The standard InChI is InChI=1S/C23H28N4O/c1-2-26-11-13-27(14-12-26)23-20-8-4-3-7-19(20)16-22(25-23)21-10-9-18(17-24-21)6-5-15-28/h3-4,7-10,16-17,28H,2,5-6,11-15H2,1H3. The minimum Gasteiger partial charge on any atom is -0.396 e. The van der Waals surface area contributed by atoms with E-state index in [0.29, 0.717) is 0 Å². The van der Waals surface area contributed by atoms with Crippen LogP contribution in [0.4, 0.5) is 5.82 Å². The molecule has 146 valence electrons. The molecule has 1 fully saturated rings. The summed E-state index contributed by atoms with van der Waals surface area (Å²) in [7, 11) is 0. The number of pyridine rings is 2. The van der Waals surface area contributed by atoms with Gasteiger partial charge in [0, 0.05) is 44.4 Å². The minimum absolute atomic E-state index is 0.211. The van der Waals surface area contributed by atoms with E-state index in [1.165, 1.54) is 10.8 Å². The highest BCUT2D eigenvalue weighted by atomic mass is 16.2. The first-order valence-corrected chi connectivity index (χ1v) is 10.2. The molecule has 0 aliphatic carbocycles. The summed E-state index contributed by atoms with van der Waals surface area (Å²) in [6, 6.07) is 14.8. The molecule has 0 saturated carbocycles. The molecule has 5 heteroatoms. The van der Waals surface area contributed by atoms with Crippen LogP contribution in [0.2, 0.25) is 0 Å². The highest BCUT2D eigenvalue weighted by Crippen LogP contribution is 2.30. The van der Waals surface area contributed by atoms with Crippen LogP contribution in [-0.4, -0.2) is 59.3 Å². The summed E-state index contributed by atoms with van der Waals surface area (Å²) in [5.41, 5.74) is 2.96. The van der Waals surface area contributed by atoms with Gasteiger partial charge in [-0.05, 0) is 42.5 Å². The van der Waals surface area contributed by atoms with Crippen LogP contribution in [0.15, 0.2) is 48.7 Å². The van der Waals surface area contributed by atoms with Gasteiger partial charge in [-0.15, -0.1) is 0 Å². The molecule has 28 heavy (non-hydrogen) atoms. The minimum atomic E-state index is 0.211. The maximum atomic E-state index is 9.01. The number of nitrogens with zero attached hydrogens (tertiary/aromatic N) is 4. The third kappa shape index (κ3) is 4.01. The number of piperazine rings is 1. The molecule has 0 unspecified atom stereocenters. The van der Waals surface area contributed by atoms with Crippen LogP contribution in [0, 0.1) is 0 Å². The number of aromatic nitrogens is 2. The smallest absolute Gasteiger partial charge is 0.137 e. The van der Waals surface area contributed by atoms with Gasteiger partial charge in [0.1, 0.15) is 5.82 Å². The van der Waals surface area contributed by atoms with E-state index in [0.717, 1.165) is 68.3 Å². The Morgan fingerprint density at radius 1 is 1.00 bits per heavy atom. The summed E-state index contributed by atoms with van der Waals surface area (Å²) in [6.07, 6.45) is 3.52. The van der Waals surface area contributed by atoms with Crippen molar-refractivity contribution < 1.29 is 5.11 Å². The Kier molecular flexibility index (Phi) is 5.84. The number of likely N-dealkylation sites (N-methyl/N-ethyl adjacent to an activating group) is 1. The van der Waals surface area contributed by atoms with Gasteiger partial charge in [0.15, 0.2) is 0 Å². The van der Waals surface area contributed by atoms with Crippen LogP contribution < -0.4 is 4.90 Å². The molecule has 4 rings (SSSR count). The third-order valence-electron chi connectivity index (χ3n) is 5.55. The first-order valence-electron chi connectivity index (χ1n) is 10.2. The van der Waals surface area contributed by atoms with E-state index in [4.69, 9.17) is 10.1 Å². The molecule has 1 saturated heterocycles. The van der Waals surface area contributed by atoms with Crippen LogP contribution in [-0.2, 0) is 6.42 Å². The molecule has 0 spiro atoms. The number of benzene rings is 1. The summed E-state index contributed by atoms with van der Waals surface area (Å²) < 4.78 is 0. The fraction of sp³-hybridized carbons (Fsp3) is 0.391. The average Bonchev–Trinajstić information content (AvgIpc) is 2.77. The van der Waals surface area contributed by atoms with E-state index in [2.05, 4.69) is 58.1 Å². The Labute approximate surface area is 166 Å². The lowest BCUT2D eigenvalue weighted by molar-refractivity contribution is 0.271. The second-order valence-corrected chi connectivity index (χ2v) is 7.35. The van der Waals surface area contributed by atoms with Gasteiger partial charge >= 0.3 is 0 Å². The molecule has 2 aromatic heterocycles. The second kappa shape index (κ2) is 8.67. The first-order chi connectivity index (χ1) is 13.8. The summed E-state index contributed by atoms with van der Waals surface area (Å²) >= 11 is 0. The van der Waals surface area contributed by atoms with Crippen LogP contribution in [0.25, 0.3) is 22.2 Å². The van der Waals surface area contributed by atoms with Crippen molar-refractivity contribution in [3.63, 3.8) is 0 Å². The highest BCUT2D eigenvalue weighted by molar-refractivity contribution is 5.94. The zero-order valence-electron chi connectivity index (χ0n) is 16.5. The van der Waals surface area contributed by atoms with Crippen molar-refractivity contribution in [2.45, 2.75) is 19.8 Å². The van der Waals surface area contributed by atoms with Crippen molar-refractivity contribution in [2.24, 2.45) is 0 Å². The molecule has 1 aliphatic heterocycles. The van der Waals surface area contributed by atoms with Crippen LogP contribution in [0.5, 0.6) is 0 Å². The Balaban J connectivity index is 1.68. The molecule has 0 radical (unpaired) electrons. The Morgan fingerprint density at radius 2 is 1.82 bits per heavy atom. The number of hydrogen-bond acceptors (Lipinski definition) is 5. The largest absolute Gasteiger partial charge is 0.396 e. The maximum absolute atomic E-state index is 9.01. The predicted molar refractivity (Wildman–Crippen MR) is 115 cm³/mol. The molecular weight excluding hydrogens is 348 g/mol. The number of anilines is 1. The van der Waals surface area contributed by atoms with E-state index < -0.39 is 0 Å². The molecule has 0 bridgehead atoms. The van der Waals surface area contributed by atoms with Crippen molar-refractivity contribution in [3.05, 3.63) is 54.2 Å². The van der Waals surface area contributed by atoms with Crippen molar-refractivity contribution in [2.75, 3.05) is 44.2 Å². The van der Waals surface area contributed by atoms with Gasteiger partial charge < -0.3 is 14.9 Å². The van der Waals surface area contributed by atoms with Gasteiger partial charge in [0.2, 0.25) is 0 Å². The van der Waals surface area contributed by atoms with Gasteiger partial charge in [-0.1, -0.05) is 37.3 Å². The monoisotopic (exact) mass is 376 g/mol. The lowest BCUT2D eigenvalue weighted by Gasteiger charge is -2.35. The number of aliphatic hydroxyl groups excluding tert-OH is 1. The van der Waals surface area contributed by atoms with E-state index in [9.17, 15) is 0 Å². The Bertz CT molecular complexity index is 918. The normalized spacial score (nSPS) is 15.3. The molecule has 5 nitrogen and oxygen atoms in total. The van der Waals surface area contributed by atoms with Gasteiger partial charge in [-0.2, -0.15) is 0 Å². The second-order valence-electron chi connectivity index (χ2n) is 7.35. The first kappa shape index (κ1) is 18.8. The van der Waals surface area contributed by atoms with E-state index in [-0.39, 0.29) is 6.61 Å². The lowest BCUT2D eigenvalue weighted by atomic mass is 10.1. The van der Waals surface area contributed by atoms with Gasteiger partial charge in [-0.25, -0.2) is 4.98 Å². The third-order valence-corrected chi connectivity index (χ3v) is 5.55. The molecule has 0 amide bonds. The molecule has 1 aromatic carbocycles. The van der Waals surface area contributed by atoms with Crippen LogP contribution in [0.1, 0.15) is 18.9 Å². The summed E-state index contributed by atoms with van der Waals surface area (Å²) in [5.74, 6) is 1.06. The zero-order chi connectivity index (χ0) is 19.3. The highest BCUT2D eigenvalue weighted by Gasteiger charge is 2.20. The Hall–Kier alpha value is -2.50. The van der Waals surface area contributed by atoms with Gasteiger partial charge in [-0.3, -0.25) is 4.98 Å². The maximum Gasteiger partial charge on any atom is 0.137 e. The summed E-state index contributed by atoms with van der Waals surface area (Å²) in [5, 5.41) is 11.4. The van der Waals surface area contributed by atoms with Crippen molar-refractivity contribution in [3.8, 4) is 11.4 Å². The summed E-state index contributed by atoms with van der Waals surface area (Å²) in [4.78, 5) is 14.6. The average molecular weight is 377 g/mol. The molecule has 3 heterocycles. The predicted octanol–water partition coefficient (Wildman–Crippen LogP) is 3.36.